The summed E-state index contributed by atoms with van der Waals surface area (Å²) < 4.78 is 120. The van der Waals surface area contributed by atoms with Crippen molar-refractivity contribution in [1.29, 1.82) is 0 Å². The molecule has 1 heterocycles. The Kier molecular flexibility index (Phi) is 10.9. The van der Waals surface area contributed by atoms with Crippen molar-refractivity contribution in [2.45, 2.75) is 70.2 Å². The molecule has 0 spiro atoms. The van der Waals surface area contributed by atoms with E-state index in [2.05, 4.69) is 4.98 Å². The molecule has 45 heavy (non-hydrogen) atoms. The molecule has 0 saturated carbocycles. The number of halogens is 7. The summed E-state index contributed by atoms with van der Waals surface area (Å²) in [6, 6.07) is 6.90. The van der Waals surface area contributed by atoms with Crippen LogP contribution >= 0.6 is 0 Å². The number of nitrogens with zero attached hydrogens (tertiary/aromatic N) is 1. The zero-order chi connectivity index (χ0) is 33.9. The molecule has 0 fully saturated rings. The molecule has 3 aromatic rings. The maximum atomic E-state index is 15.0. The zero-order valence-electron chi connectivity index (χ0n) is 24.8. The molecular formula is C31H32F7N3O3S. The van der Waals surface area contributed by atoms with Gasteiger partial charge in [0.05, 0.1) is 16.8 Å². The van der Waals surface area contributed by atoms with Crippen molar-refractivity contribution in [1.82, 2.24) is 9.71 Å². The highest BCUT2D eigenvalue weighted by Gasteiger charge is 2.39. The number of rotatable bonds is 11. The standard InChI is InChI=1S/C31H32F7N3O3S/c1-5-20-13-17(3)24(15-25(20)32)28(29(39)42)27(21(6-2)14-19-7-9-22(10-8-19)31(36,37)38)26-12-11-23(16-40-26)45(43,44)41-18(4)30(33,34)35/h7-13,15-16,18,21,41H,5-6,14H2,1-4H3,(H2,39,42). The summed E-state index contributed by atoms with van der Waals surface area (Å²) in [4.78, 5) is 16.7. The van der Waals surface area contributed by atoms with Crippen LogP contribution in [0.4, 0.5) is 30.7 Å². The van der Waals surface area contributed by atoms with Gasteiger partial charge in [0, 0.05) is 6.20 Å². The molecule has 2 atom stereocenters. The topological polar surface area (TPSA) is 102 Å². The van der Waals surface area contributed by atoms with Gasteiger partial charge in [0.15, 0.2) is 0 Å². The largest absolute Gasteiger partial charge is 0.416 e. The SMILES string of the molecule is CCc1cc(C)c(C(C(N)=O)=C(c2ccc(S(=O)(=O)NC(C)C(F)(F)F)cn2)C(CC)Cc2ccc(C(F)(F)F)cc2)cc1F. The summed E-state index contributed by atoms with van der Waals surface area (Å²) in [5.41, 5.74) is 6.52. The number of aryl methyl sites for hydroxylation is 2. The number of allylic oxidation sites excluding steroid dienone is 1. The first-order chi connectivity index (χ1) is 20.8. The van der Waals surface area contributed by atoms with Crippen LogP contribution in [0.3, 0.4) is 0 Å². The van der Waals surface area contributed by atoms with Crippen LogP contribution in [-0.2, 0) is 33.8 Å². The third-order valence-corrected chi connectivity index (χ3v) is 8.90. The van der Waals surface area contributed by atoms with Crippen molar-refractivity contribution in [2.75, 3.05) is 0 Å². The fourth-order valence-corrected chi connectivity index (χ4v) is 6.04. The lowest BCUT2D eigenvalue weighted by Gasteiger charge is -2.24. The predicted octanol–water partition coefficient (Wildman–Crippen LogP) is 7.00. The van der Waals surface area contributed by atoms with E-state index in [-0.39, 0.29) is 35.2 Å². The highest BCUT2D eigenvalue weighted by molar-refractivity contribution is 7.89. The minimum Gasteiger partial charge on any atom is -0.366 e. The molecule has 14 heteroatoms. The number of carbonyl (C=O) groups excluding carboxylic acids is 1. The van der Waals surface area contributed by atoms with Gasteiger partial charge >= 0.3 is 12.4 Å². The summed E-state index contributed by atoms with van der Waals surface area (Å²) >= 11 is 0. The lowest BCUT2D eigenvalue weighted by Crippen LogP contribution is -2.42. The maximum absolute atomic E-state index is 15.0. The van der Waals surface area contributed by atoms with Crippen LogP contribution < -0.4 is 10.5 Å². The first kappa shape index (κ1) is 35.7. The number of aromatic nitrogens is 1. The van der Waals surface area contributed by atoms with Crippen LogP contribution in [0.1, 0.15) is 60.7 Å². The van der Waals surface area contributed by atoms with E-state index >= 15 is 4.39 Å². The van der Waals surface area contributed by atoms with Gasteiger partial charge in [-0.2, -0.15) is 31.1 Å². The van der Waals surface area contributed by atoms with Gasteiger partial charge < -0.3 is 5.73 Å². The molecule has 2 aromatic carbocycles. The van der Waals surface area contributed by atoms with Gasteiger partial charge in [-0.15, -0.1) is 0 Å². The van der Waals surface area contributed by atoms with Crippen molar-refractivity contribution in [3.8, 4) is 0 Å². The molecule has 0 aliphatic carbocycles. The number of benzene rings is 2. The third kappa shape index (κ3) is 8.48. The average molecular weight is 660 g/mol. The second-order valence-electron chi connectivity index (χ2n) is 10.5. The number of hydrogen-bond donors (Lipinski definition) is 2. The van der Waals surface area contributed by atoms with E-state index < -0.39 is 56.5 Å². The number of nitrogens with one attached hydrogen (secondary N) is 1. The highest BCUT2D eigenvalue weighted by Crippen LogP contribution is 2.38. The molecule has 1 amide bonds. The van der Waals surface area contributed by atoms with Crippen LogP contribution in [0.2, 0.25) is 0 Å². The Morgan fingerprint density at radius 1 is 1.00 bits per heavy atom. The Labute approximate surface area is 256 Å². The number of primary amides is 1. The fourth-order valence-electron chi connectivity index (χ4n) is 4.86. The Balaban J connectivity index is 2.24. The van der Waals surface area contributed by atoms with Gasteiger partial charge in [-0.1, -0.05) is 32.0 Å². The summed E-state index contributed by atoms with van der Waals surface area (Å²) in [7, 11) is -4.67. The molecular weight excluding hydrogens is 627 g/mol. The van der Waals surface area contributed by atoms with Crippen LogP contribution in [0.15, 0.2) is 59.6 Å². The molecule has 0 aliphatic heterocycles. The normalized spacial score (nSPS) is 14.6. The molecule has 1 aromatic heterocycles. The van der Waals surface area contributed by atoms with E-state index in [1.165, 1.54) is 22.9 Å². The first-order valence-corrected chi connectivity index (χ1v) is 15.3. The van der Waals surface area contributed by atoms with Crippen LogP contribution in [0.5, 0.6) is 0 Å². The summed E-state index contributed by atoms with van der Waals surface area (Å²) in [6.45, 7) is 5.76. The number of sulfonamides is 1. The van der Waals surface area contributed by atoms with Crippen molar-refractivity contribution in [3.63, 3.8) is 0 Å². The van der Waals surface area contributed by atoms with Crippen molar-refractivity contribution in [2.24, 2.45) is 11.7 Å². The summed E-state index contributed by atoms with van der Waals surface area (Å²) in [5, 5.41) is 0. The minimum absolute atomic E-state index is 0.0183. The van der Waals surface area contributed by atoms with E-state index in [4.69, 9.17) is 5.73 Å². The third-order valence-electron chi connectivity index (χ3n) is 7.37. The second-order valence-corrected chi connectivity index (χ2v) is 12.2. The summed E-state index contributed by atoms with van der Waals surface area (Å²) in [6.07, 6.45) is -7.86. The van der Waals surface area contributed by atoms with Crippen LogP contribution in [0, 0.1) is 18.7 Å². The van der Waals surface area contributed by atoms with Gasteiger partial charge in [-0.05, 0) is 97.2 Å². The Morgan fingerprint density at radius 2 is 1.62 bits per heavy atom. The molecule has 0 aliphatic rings. The molecule has 244 valence electrons. The minimum atomic E-state index is -4.85. The molecule has 3 rings (SSSR count). The van der Waals surface area contributed by atoms with E-state index in [0.29, 0.717) is 30.0 Å². The van der Waals surface area contributed by atoms with Crippen molar-refractivity contribution >= 4 is 27.1 Å². The van der Waals surface area contributed by atoms with Crippen LogP contribution in [-0.4, -0.2) is 31.5 Å². The van der Waals surface area contributed by atoms with Gasteiger partial charge in [0.1, 0.15) is 16.8 Å². The Bertz CT molecular complexity index is 1670. The zero-order valence-corrected chi connectivity index (χ0v) is 25.6. The molecule has 2 unspecified atom stereocenters. The molecule has 3 N–H and O–H groups in total. The van der Waals surface area contributed by atoms with E-state index in [1.54, 1.807) is 26.8 Å². The number of pyridine rings is 1. The lowest BCUT2D eigenvalue weighted by molar-refractivity contribution is -0.147. The first-order valence-electron chi connectivity index (χ1n) is 13.8. The van der Waals surface area contributed by atoms with Gasteiger partial charge in [-0.25, -0.2) is 12.8 Å². The van der Waals surface area contributed by atoms with E-state index in [9.17, 15) is 39.6 Å². The number of amides is 1. The number of alkyl halides is 6. The number of nitrogens with two attached hydrogens (primary N) is 1. The molecule has 6 nitrogen and oxygen atoms in total. The van der Waals surface area contributed by atoms with E-state index in [1.807, 2.05) is 0 Å². The van der Waals surface area contributed by atoms with Gasteiger partial charge in [0.25, 0.3) is 0 Å². The second kappa shape index (κ2) is 13.7. The quantitative estimate of drug-likeness (QED) is 0.171. The molecule has 0 bridgehead atoms. The Hall–Kier alpha value is -3.78. The Morgan fingerprint density at radius 3 is 2.09 bits per heavy atom. The number of carbonyl (C=O) groups is 1. The molecule has 0 saturated heterocycles. The molecule has 0 radical (unpaired) electrons. The van der Waals surface area contributed by atoms with Crippen LogP contribution in [0.25, 0.3) is 11.1 Å². The predicted molar refractivity (Wildman–Crippen MR) is 156 cm³/mol. The van der Waals surface area contributed by atoms with Gasteiger partial charge in [-0.3, -0.25) is 9.78 Å². The number of hydrogen-bond acceptors (Lipinski definition) is 4. The van der Waals surface area contributed by atoms with Crippen molar-refractivity contribution in [3.05, 3.63) is 94.1 Å². The monoisotopic (exact) mass is 659 g/mol. The fraction of sp³-hybridized carbons (Fsp3) is 0.355. The summed E-state index contributed by atoms with van der Waals surface area (Å²) in [5.74, 6) is -2.23. The van der Waals surface area contributed by atoms with Crippen molar-refractivity contribution < 1.29 is 43.9 Å². The lowest BCUT2D eigenvalue weighted by atomic mass is 9.81. The van der Waals surface area contributed by atoms with Gasteiger partial charge in [0.2, 0.25) is 15.9 Å². The average Bonchev–Trinajstić information content (AvgIpc) is 2.95. The maximum Gasteiger partial charge on any atom is 0.416 e. The smallest absolute Gasteiger partial charge is 0.366 e. The highest BCUT2D eigenvalue weighted by atomic mass is 32.2. The van der Waals surface area contributed by atoms with E-state index in [0.717, 1.165) is 30.5 Å².